The topological polar surface area (TPSA) is 43.6 Å². The van der Waals surface area contributed by atoms with E-state index in [9.17, 15) is 0 Å². The molecule has 0 aliphatic heterocycles. The Hall–Kier alpha value is -0.750. The molecule has 0 radical (unpaired) electrons. The van der Waals surface area contributed by atoms with Crippen molar-refractivity contribution in [1.29, 1.82) is 0 Å². The van der Waals surface area contributed by atoms with E-state index in [0.29, 0.717) is 0 Å². The fourth-order valence-corrected chi connectivity index (χ4v) is 1.21. The van der Waals surface area contributed by atoms with Crippen molar-refractivity contribution in [1.82, 2.24) is 19.7 Å². The summed E-state index contributed by atoms with van der Waals surface area (Å²) in [7, 11) is 0. The molecule has 0 saturated carbocycles. The summed E-state index contributed by atoms with van der Waals surface area (Å²) in [5.74, 6) is -0.0129. The van der Waals surface area contributed by atoms with Gasteiger partial charge in [0.1, 0.15) is 4.60 Å². The van der Waals surface area contributed by atoms with Gasteiger partial charge in [-0.3, -0.25) is 0 Å². The standard InChI is InChI=1S/C7H4Br2N4/c8-5-2-4-13(12-5)6-1-3-10-7(9)11-6/h1-4H/i1D,2D,3D,4D. The lowest BCUT2D eigenvalue weighted by Crippen LogP contribution is -1.98. The van der Waals surface area contributed by atoms with Gasteiger partial charge in [-0.25, -0.2) is 14.6 Å². The van der Waals surface area contributed by atoms with Gasteiger partial charge in [-0.1, -0.05) is 0 Å². The van der Waals surface area contributed by atoms with Crippen LogP contribution in [-0.4, -0.2) is 19.7 Å². The Morgan fingerprint density at radius 2 is 2.23 bits per heavy atom. The predicted octanol–water partition coefficient (Wildman–Crippen LogP) is 2.19. The van der Waals surface area contributed by atoms with Gasteiger partial charge in [0.05, 0.1) is 5.48 Å². The second-order valence-electron chi connectivity index (χ2n) is 1.99. The van der Waals surface area contributed by atoms with Crippen molar-refractivity contribution in [2.45, 2.75) is 0 Å². The Labute approximate surface area is 96.9 Å². The average molecular weight is 308 g/mol. The normalized spacial score (nSPS) is 14.6. The quantitative estimate of drug-likeness (QED) is 0.759. The highest BCUT2D eigenvalue weighted by molar-refractivity contribution is 9.10. The molecule has 0 bridgehead atoms. The van der Waals surface area contributed by atoms with Gasteiger partial charge in [-0.2, -0.15) is 5.10 Å². The number of hydrogen-bond donors (Lipinski definition) is 0. The van der Waals surface area contributed by atoms with E-state index in [0.717, 1.165) is 4.68 Å². The van der Waals surface area contributed by atoms with Gasteiger partial charge in [0, 0.05) is 18.4 Å². The van der Waals surface area contributed by atoms with Crippen LogP contribution in [0, 0.1) is 0 Å². The molecule has 0 aliphatic rings. The van der Waals surface area contributed by atoms with Crippen molar-refractivity contribution in [2.24, 2.45) is 0 Å². The van der Waals surface area contributed by atoms with Gasteiger partial charge in [0.25, 0.3) is 0 Å². The maximum absolute atomic E-state index is 7.65. The van der Waals surface area contributed by atoms with Gasteiger partial charge in [-0.05, 0) is 37.9 Å². The summed E-state index contributed by atoms with van der Waals surface area (Å²) in [6.07, 6.45) is -0.491. The van der Waals surface area contributed by atoms with Gasteiger partial charge < -0.3 is 0 Å². The molecule has 6 heteroatoms. The Kier molecular flexibility index (Phi) is 1.42. The minimum atomic E-state index is -0.278. The summed E-state index contributed by atoms with van der Waals surface area (Å²) in [5.41, 5.74) is 0. The fraction of sp³-hybridized carbons (Fsp3) is 0. The molecule has 2 heterocycles. The summed E-state index contributed by atoms with van der Waals surface area (Å²) in [6.45, 7) is 0. The first-order chi connectivity index (χ1) is 7.91. The molecule has 0 atom stereocenters. The molecule has 0 spiro atoms. The predicted molar refractivity (Wildman–Crippen MR) is 54.6 cm³/mol. The molecule has 0 saturated heterocycles. The number of nitrogens with zero attached hydrogens (tertiary/aromatic N) is 4. The summed E-state index contributed by atoms with van der Waals surface area (Å²) < 4.78 is 31.6. The Morgan fingerprint density at radius 1 is 1.38 bits per heavy atom. The average Bonchev–Trinajstić information content (AvgIpc) is 2.51. The fourth-order valence-electron chi connectivity index (χ4n) is 0.702. The molecule has 0 fully saturated rings. The van der Waals surface area contributed by atoms with Crippen LogP contribution in [0.2, 0.25) is 0 Å². The lowest BCUT2D eigenvalue weighted by atomic mass is 10.6. The van der Waals surface area contributed by atoms with E-state index < -0.39 is 0 Å². The molecule has 0 unspecified atom stereocenters. The second kappa shape index (κ2) is 3.55. The molecular weight excluding hydrogens is 300 g/mol. The highest BCUT2D eigenvalue weighted by Gasteiger charge is 2.00. The maximum atomic E-state index is 7.65. The molecule has 0 N–H and O–H groups in total. The SMILES string of the molecule is [2H]c1nc(Br)nc(-n2nc(Br)c([2H])c2[2H])c1[2H]. The van der Waals surface area contributed by atoms with Crippen molar-refractivity contribution in [3.8, 4) is 5.82 Å². The third-order valence-electron chi connectivity index (χ3n) is 1.17. The lowest BCUT2D eigenvalue weighted by molar-refractivity contribution is 0.825. The number of aromatic nitrogens is 4. The van der Waals surface area contributed by atoms with Crippen LogP contribution in [0.1, 0.15) is 5.48 Å². The molecule has 4 nitrogen and oxygen atoms in total. The van der Waals surface area contributed by atoms with E-state index in [4.69, 9.17) is 5.48 Å². The van der Waals surface area contributed by atoms with Crippen molar-refractivity contribution in [3.05, 3.63) is 33.8 Å². The van der Waals surface area contributed by atoms with Gasteiger partial charge in [0.15, 0.2) is 10.6 Å². The third-order valence-corrected chi connectivity index (χ3v) is 1.88. The minimum Gasteiger partial charge on any atom is -0.231 e. The molecule has 0 aliphatic carbocycles. The van der Waals surface area contributed by atoms with Crippen molar-refractivity contribution in [3.63, 3.8) is 0 Å². The van der Waals surface area contributed by atoms with Crippen molar-refractivity contribution >= 4 is 31.9 Å². The first-order valence-electron chi connectivity index (χ1n) is 5.14. The third kappa shape index (κ3) is 1.94. The highest BCUT2D eigenvalue weighted by atomic mass is 79.9. The van der Waals surface area contributed by atoms with E-state index in [1.807, 2.05) is 0 Å². The molecule has 0 amide bonds. The van der Waals surface area contributed by atoms with Crippen LogP contribution in [0.5, 0.6) is 0 Å². The Bertz CT molecular complexity index is 600. The van der Waals surface area contributed by atoms with Gasteiger partial charge in [0.2, 0.25) is 0 Å². The zero-order chi connectivity index (χ0) is 12.7. The van der Waals surface area contributed by atoms with E-state index in [1.54, 1.807) is 0 Å². The maximum Gasteiger partial charge on any atom is 0.198 e. The minimum absolute atomic E-state index is 0.0129. The summed E-state index contributed by atoms with van der Waals surface area (Å²) in [5, 5.41) is 3.87. The largest absolute Gasteiger partial charge is 0.231 e. The summed E-state index contributed by atoms with van der Waals surface area (Å²) in [6, 6.07) is -0.359. The van der Waals surface area contributed by atoms with Gasteiger partial charge in [-0.15, -0.1) is 0 Å². The lowest BCUT2D eigenvalue weighted by Gasteiger charge is -1.98. The smallest absolute Gasteiger partial charge is 0.198 e. The Morgan fingerprint density at radius 3 is 2.92 bits per heavy atom. The van der Waals surface area contributed by atoms with E-state index >= 15 is 0 Å². The Balaban J connectivity index is 2.72. The van der Waals surface area contributed by atoms with Crippen molar-refractivity contribution < 1.29 is 5.48 Å². The van der Waals surface area contributed by atoms with Gasteiger partial charge >= 0.3 is 0 Å². The molecule has 66 valence electrons. The molecule has 2 rings (SSSR count). The van der Waals surface area contributed by atoms with Crippen LogP contribution in [-0.2, 0) is 0 Å². The number of rotatable bonds is 1. The summed E-state index contributed by atoms with van der Waals surface area (Å²) in [4.78, 5) is 7.54. The molecule has 2 aromatic rings. The van der Waals surface area contributed by atoms with Crippen LogP contribution in [0.4, 0.5) is 0 Å². The molecule has 2 aromatic heterocycles. The number of hydrogen-bond acceptors (Lipinski definition) is 3. The summed E-state index contributed by atoms with van der Waals surface area (Å²) >= 11 is 6.03. The van der Waals surface area contributed by atoms with E-state index in [2.05, 4.69) is 46.9 Å². The van der Waals surface area contributed by atoms with Crippen LogP contribution in [0.15, 0.2) is 33.8 Å². The first-order valence-corrected chi connectivity index (χ1v) is 4.73. The monoisotopic (exact) mass is 306 g/mol. The highest BCUT2D eigenvalue weighted by Crippen LogP contribution is 2.10. The zero-order valence-corrected chi connectivity index (χ0v) is 9.22. The van der Waals surface area contributed by atoms with Crippen LogP contribution in [0.3, 0.4) is 0 Å². The first kappa shape index (κ1) is 5.21. The van der Waals surface area contributed by atoms with E-state index in [1.165, 1.54) is 0 Å². The molecular formula is C7H4Br2N4. The van der Waals surface area contributed by atoms with Crippen LogP contribution in [0.25, 0.3) is 5.82 Å². The van der Waals surface area contributed by atoms with Crippen molar-refractivity contribution in [2.75, 3.05) is 0 Å². The second-order valence-corrected chi connectivity index (χ2v) is 3.45. The number of halogens is 2. The zero-order valence-electron chi connectivity index (χ0n) is 10.0. The molecule has 0 aromatic carbocycles. The van der Waals surface area contributed by atoms with E-state index in [-0.39, 0.29) is 39.6 Å². The van der Waals surface area contributed by atoms with Crippen LogP contribution < -0.4 is 0 Å². The molecule has 13 heavy (non-hydrogen) atoms. The van der Waals surface area contributed by atoms with Crippen LogP contribution >= 0.6 is 31.9 Å².